The van der Waals surface area contributed by atoms with E-state index < -0.39 is 0 Å². The first kappa shape index (κ1) is 12.4. The van der Waals surface area contributed by atoms with Crippen molar-refractivity contribution in [1.29, 1.82) is 0 Å². The standard InChI is InChI=1S/C14H17N3O/c1-10(2)9-13-16-14(18-17-13)8-5-11-3-6-12(15)7-4-11/h3-8,10H,9,15H2,1-2H3/b8-5+. The van der Waals surface area contributed by atoms with Gasteiger partial charge in [0.05, 0.1) is 0 Å². The van der Waals surface area contributed by atoms with E-state index in [9.17, 15) is 0 Å². The molecular weight excluding hydrogens is 226 g/mol. The number of nitrogens with two attached hydrogens (primary N) is 1. The van der Waals surface area contributed by atoms with Gasteiger partial charge in [-0.3, -0.25) is 0 Å². The van der Waals surface area contributed by atoms with Gasteiger partial charge in [0.2, 0.25) is 0 Å². The van der Waals surface area contributed by atoms with Gasteiger partial charge in [-0.05, 0) is 29.7 Å². The number of nitrogen functional groups attached to an aromatic ring is 1. The van der Waals surface area contributed by atoms with Crippen LogP contribution in [0.25, 0.3) is 12.2 Å². The van der Waals surface area contributed by atoms with E-state index in [0.29, 0.717) is 11.8 Å². The quantitative estimate of drug-likeness (QED) is 0.838. The molecule has 0 aliphatic carbocycles. The molecule has 0 radical (unpaired) electrons. The van der Waals surface area contributed by atoms with Crippen molar-refractivity contribution in [2.24, 2.45) is 5.92 Å². The number of hydrogen-bond donors (Lipinski definition) is 1. The highest BCUT2D eigenvalue weighted by molar-refractivity contribution is 5.66. The molecular formula is C14H17N3O. The van der Waals surface area contributed by atoms with Crippen molar-refractivity contribution in [3.05, 3.63) is 41.5 Å². The van der Waals surface area contributed by atoms with E-state index in [1.165, 1.54) is 0 Å². The number of aromatic nitrogens is 2. The molecule has 0 fully saturated rings. The zero-order valence-corrected chi connectivity index (χ0v) is 10.6. The minimum Gasteiger partial charge on any atom is -0.399 e. The molecule has 18 heavy (non-hydrogen) atoms. The minimum absolute atomic E-state index is 0.525. The predicted molar refractivity (Wildman–Crippen MR) is 72.6 cm³/mol. The molecule has 0 aliphatic heterocycles. The number of hydrogen-bond acceptors (Lipinski definition) is 4. The highest BCUT2D eigenvalue weighted by Gasteiger charge is 2.05. The van der Waals surface area contributed by atoms with Crippen molar-refractivity contribution in [2.45, 2.75) is 20.3 Å². The maximum atomic E-state index is 5.62. The van der Waals surface area contributed by atoms with Crippen molar-refractivity contribution in [2.75, 3.05) is 5.73 Å². The maximum Gasteiger partial charge on any atom is 0.250 e. The Morgan fingerprint density at radius 1 is 1.22 bits per heavy atom. The molecule has 94 valence electrons. The molecule has 4 nitrogen and oxygen atoms in total. The summed E-state index contributed by atoms with van der Waals surface area (Å²) in [5, 5.41) is 3.93. The van der Waals surface area contributed by atoms with Crippen LogP contribution in [0.5, 0.6) is 0 Å². The van der Waals surface area contributed by atoms with Crippen LogP contribution in [0.15, 0.2) is 28.8 Å². The van der Waals surface area contributed by atoms with Crippen LogP contribution >= 0.6 is 0 Å². The monoisotopic (exact) mass is 243 g/mol. The van der Waals surface area contributed by atoms with E-state index in [-0.39, 0.29) is 0 Å². The van der Waals surface area contributed by atoms with Crippen molar-refractivity contribution < 1.29 is 4.52 Å². The lowest BCUT2D eigenvalue weighted by Gasteiger charge is -1.95. The Balaban J connectivity index is 2.04. The number of nitrogens with zero attached hydrogens (tertiary/aromatic N) is 2. The Kier molecular flexibility index (Phi) is 3.77. The predicted octanol–water partition coefficient (Wildman–Crippen LogP) is 3.02. The van der Waals surface area contributed by atoms with Crippen LogP contribution < -0.4 is 5.73 Å². The van der Waals surface area contributed by atoms with Gasteiger partial charge in [0.1, 0.15) is 0 Å². The summed E-state index contributed by atoms with van der Waals surface area (Å²) in [5.41, 5.74) is 7.42. The average Bonchev–Trinajstić information content (AvgIpc) is 2.75. The molecule has 0 atom stereocenters. The molecule has 0 amide bonds. The first-order valence-electron chi connectivity index (χ1n) is 5.99. The lowest BCUT2D eigenvalue weighted by atomic mass is 10.1. The van der Waals surface area contributed by atoms with Gasteiger partial charge in [0, 0.05) is 18.2 Å². The molecule has 1 aromatic carbocycles. The van der Waals surface area contributed by atoms with Gasteiger partial charge in [-0.2, -0.15) is 4.98 Å². The van der Waals surface area contributed by atoms with Crippen molar-refractivity contribution >= 4 is 17.8 Å². The van der Waals surface area contributed by atoms with E-state index >= 15 is 0 Å². The van der Waals surface area contributed by atoms with Gasteiger partial charge >= 0.3 is 0 Å². The maximum absolute atomic E-state index is 5.62. The Bertz CT molecular complexity index is 526. The third-order valence-corrected chi connectivity index (χ3v) is 2.43. The molecule has 2 rings (SSSR count). The van der Waals surface area contributed by atoms with Gasteiger partial charge in [-0.1, -0.05) is 31.1 Å². The third-order valence-electron chi connectivity index (χ3n) is 2.43. The molecule has 0 aliphatic rings. The van der Waals surface area contributed by atoms with Crippen LogP contribution in [0.4, 0.5) is 5.69 Å². The van der Waals surface area contributed by atoms with Crippen LogP contribution in [0.1, 0.15) is 31.1 Å². The van der Waals surface area contributed by atoms with E-state index in [1.807, 2.05) is 36.4 Å². The lowest BCUT2D eigenvalue weighted by Crippen LogP contribution is -1.95. The van der Waals surface area contributed by atoms with Crippen molar-refractivity contribution in [3.8, 4) is 0 Å². The largest absolute Gasteiger partial charge is 0.399 e. The van der Waals surface area contributed by atoms with Gasteiger partial charge < -0.3 is 10.3 Å². The SMILES string of the molecule is CC(C)Cc1noc(/C=C/c2ccc(N)cc2)n1. The van der Waals surface area contributed by atoms with Crippen molar-refractivity contribution in [1.82, 2.24) is 10.1 Å². The second-order valence-corrected chi connectivity index (χ2v) is 4.65. The number of rotatable bonds is 4. The zero-order valence-electron chi connectivity index (χ0n) is 10.6. The fourth-order valence-electron chi connectivity index (χ4n) is 1.56. The third kappa shape index (κ3) is 3.45. The van der Waals surface area contributed by atoms with E-state index in [2.05, 4.69) is 24.0 Å². The summed E-state index contributed by atoms with van der Waals surface area (Å²) >= 11 is 0. The summed E-state index contributed by atoms with van der Waals surface area (Å²) < 4.78 is 5.14. The normalized spacial score (nSPS) is 11.5. The summed E-state index contributed by atoms with van der Waals surface area (Å²) in [4.78, 5) is 4.29. The van der Waals surface area contributed by atoms with Crippen LogP contribution in [-0.4, -0.2) is 10.1 Å². The van der Waals surface area contributed by atoms with Gasteiger partial charge in [-0.25, -0.2) is 0 Å². The van der Waals surface area contributed by atoms with E-state index in [1.54, 1.807) is 0 Å². The minimum atomic E-state index is 0.525. The summed E-state index contributed by atoms with van der Waals surface area (Å²) in [6.45, 7) is 4.25. The molecule has 0 saturated carbocycles. The Hall–Kier alpha value is -2.10. The molecule has 2 N–H and O–H groups in total. The highest BCUT2D eigenvalue weighted by Crippen LogP contribution is 2.10. The molecule has 0 spiro atoms. The lowest BCUT2D eigenvalue weighted by molar-refractivity contribution is 0.399. The summed E-state index contributed by atoms with van der Waals surface area (Å²) in [7, 11) is 0. The second kappa shape index (κ2) is 5.49. The van der Waals surface area contributed by atoms with Crippen LogP contribution in [-0.2, 0) is 6.42 Å². The first-order chi connectivity index (χ1) is 8.63. The van der Waals surface area contributed by atoms with Gasteiger partial charge in [-0.15, -0.1) is 0 Å². The van der Waals surface area contributed by atoms with Gasteiger partial charge in [0.15, 0.2) is 5.82 Å². The van der Waals surface area contributed by atoms with Crippen LogP contribution in [0, 0.1) is 5.92 Å². The molecule has 0 bridgehead atoms. The molecule has 0 unspecified atom stereocenters. The fraction of sp³-hybridized carbons (Fsp3) is 0.286. The molecule has 4 heteroatoms. The average molecular weight is 243 g/mol. The Morgan fingerprint density at radius 2 is 1.94 bits per heavy atom. The van der Waals surface area contributed by atoms with Crippen LogP contribution in [0.2, 0.25) is 0 Å². The van der Waals surface area contributed by atoms with Crippen molar-refractivity contribution in [3.63, 3.8) is 0 Å². The number of benzene rings is 1. The zero-order chi connectivity index (χ0) is 13.0. The summed E-state index contributed by atoms with van der Waals surface area (Å²) in [6.07, 6.45) is 4.56. The number of anilines is 1. The topological polar surface area (TPSA) is 64.9 Å². The van der Waals surface area contributed by atoms with Crippen LogP contribution in [0.3, 0.4) is 0 Å². The summed E-state index contributed by atoms with van der Waals surface area (Å²) in [5.74, 6) is 1.81. The smallest absolute Gasteiger partial charge is 0.250 e. The van der Waals surface area contributed by atoms with E-state index in [4.69, 9.17) is 10.3 Å². The Morgan fingerprint density at radius 3 is 2.61 bits per heavy atom. The van der Waals surface area contributed by atoms with Gasteiger partial charge in [0.25, 0.3) is 5.89 Å². The highest BCUT2D eigenvalue weighted by atomic mass is 16.5. The fourth-order valence-corrected chi connectivity index (χ4v) is 1.56. The molecule has 1 aromatic heterocycles. The molecule has 0 saturated heterocycles. The first-order valence-corrected chi connectivity index (χ1v) is 5.99. The summed E-state index contributed by atoms with van der Waals surface area (Å²) in [6, 6.07) is 7.60. The Labute approximate surface area is 107 Å². The van der Waals surface area contributed by atoms with E-state index in [0.717, 1.165) is 23.5 Å². The second-order valence-electron chi connectivity index (χ2n) is 4.65. The molecule has 2 aromatic rings. The molecule has 1 heterocycles.